The van der Waals surface area contributed by atoms with E-state index in [9.17, 15) is 36.0 Å². The van der Waals surface area contributed by atoms with Crippen molar-refractivity contribution in [3.63, 3.8) is 0 Å². The highest BCUT2D eigenvalue weighted by Gasteiger charge is 2.19. The fourth-order valence-corrected chi connectivity index (χ4v) is 6.85. The molecule has 0 aliphatic carbocycles. The van der Waals surface area contributed by atoms with Gasteiger partial charge in [0.2, 0.25) is 0 Å². The maximum absolute atomic E-state index is 12.7. The number of benzene rings is 4. The topological polar surface area (TPSA) is 233 Å². The molecule has 0 saturated heterocycles. The molecule has 18 heteroatoms. The van der Waals surface area contributed by atoms with Crippen molar-refractivity contribution in [1.29, 1.82) is 0 Å². The SMILES string of the molecule is O=C(Nc1ccccc1)Nc1cccc(S(=O)(=O)NC(=O)NCCCCCCCCNC(=O)NS(=O)(=O)c2cccc(NC(=O)Nc3ccccc3)c2)c1. The summed E-state index contributed by atoms with van der Waals surface area (Å²) in [7, 11) is -8.40. The van der Waals surface area contributed by atoms with E-state index in [2.05, 4.69) is 31.9 Å². The van der Waals surface area contributed by atoms with Gasteiger partial charge in [0.25, 0.3) is 20.0 Å². The number of anilines is 4. The third kappa shape index (κ3) is 14.1. The molecule has 0 fully saturated rings. The third-order valence-corrected chi connectivity index (χ3v) is 10.2. The molecule has 4 rings (SSSR count). The number of nitrogens with one attached hydrogen (secondary N) is 8. The van der Waals surface area contributed by atoms with E-state index < -0.39 is 44.2 Å². The summed E-state index contributed by atoms with van der Waals surface area (Å²) >= 11 is 0. The highest BCUT2D eigenvalue weighted by atomic mass is 32.2. The second-order valence-electron chi connectivity index (χ2n) is 11.8. The monoisotopic (exact) mass is 778 g/mol. The van der Waals surface area contributed by atoms with Gasteiger partial charge in [-0.2, -0.15) is 0 Å². The van der Waals surface area contributed by atoms with E-state index in [-0.39, 0.29) is 34.3 Å². The maximum Gasteiger partial charge on any atom is 0.328 e. The minimum atomic E-state index is -4.20. The number of unbranched alkanes of at least 4 members (excludes halogenated alkanes) is 5. The van der Waals surface area contributed by atoms with Crippen LogP contribution in [0.15, 0.2) is 119 Å². The van der Waals surface area contributed by atoms with Crippen LogP contribution < -0.4 is 41.3 Å². The summed E-state index contributed by atoms with van der Waals surface area (Å²) in [6, 6.07) is 25.6. The molecule has 4 aromatic carbocycles. The lowest BCUT2D eigenvalue weighted by Crippen LogP contribution is -2.39. The van der Waals surface area contributed by atoms with Crippen molar-refractivity contribution in [2.24, 2.45) is 0 Å². The molecule has 286 valence electrons. The third-order valence-electron chi connectivity index (χ3n) is 7.50. The molecule has 0 radical (unpaired) electrons. The molecule has 0 aromatic heterocycles. The summed E-state index contributed by atoms with van der Waals surface area (Å²) in [6.45, 7) is 0.497. The minimum absolute atomic E-state index is 0.200. The van der Waals surface area contributed by atoms with Crippen LogP contribution in [0.25, 0.3) is 0 Å². The van der Waals surface area contributed by atoms with Gasteiger partial charge in [-0.25, -0.2) is 45.5 Å². The lowest BCUT2D eigenvalue weighted by atomic mass is 10.1. The van der Waals surface area contributed by atoms with Crippen LogP contribution in [-0.4, -0.2) is 54.0 Å². The first-order chi connectivity index (χ1) is 25.9. The van der Waals surface area contributed by atoms with Gasteiger partial charge < -0.3 is 31.9 Å². The van der Waals surface area contributed by atoms with Crippen LogP contribution >= 0.6 is 0 Å². The zero-order valence-electron chi connectivity index (χ0n) is 29.1. The van der Waals surface area contributed by atoms with Gasteiger partial charge in [-0.15, -0.1) is 0 Å². The molecule has 54 heavy (non-hydrogen) atoms. The molecule has 0 heterocycles. The standard InChI is InChI=1S/C36H42N8O8S2/c45-33(43-53(49,50)31-21-13-19-29(25-31)41-35(47)39-27-15-7-5-8-16-27)37-23-11-3-1-2-4-12-24-38-34(46)44-54(51,52)32-22-14-20-30(26-32)42-36(48)40-28-17-9-6-10-18-28/h5-10,13-22,25-26H,1-4,11-12,23-24H2,(H2,37,43,45)(H2,38,44,46)(H2,39,41,47)(H2,40,42,48). The fourth-order valence-electron chi connectivity index (χ4n) is 4.91. The van der Waals surface area contributed by atoms with Gasteiger partial charge in [0.1, 0.15) is 0 Å². The molecule has 0 spiro atoms. The van der Waals surface area contributed by atoms with Gasteiger partial charge in [0.15, 0.2) is 0 Å². The summed E-state index contributed by atoms with van der Waals surface area (Å²) < 4.78 is 54.8. The van der Waals surface area contributed by atoms with E-state index in [1.165, 1.54) is 48.5 Å². The normalized spacial score (nSPS) is 11.0. The van der Waals surface area contributed by atoms with Crippen molar-refractivity contribution in [3.05, 3.63) is 109 Å². The number of hydrogen-bond acceptors (Lipinski definition) is 8. The molecule has 0 bridgehead atoms. The Balaban J connectivity index is 1.05. The Labute approximate surface area is 314 Å². The van der Waals surface area contributed by atoms with E-state index in [0.29, 0.717) is 24.2 Å². The van der Waals surface area contributed by atoms with Gasteiger partial charge in [0.05, 0.1) is 9.79 Å². The largest absolute Gasteiger partial charge is 0.337 e. The molecule has 8 N–H and O–H groups in total. The number of para-hydroxylation sites is 2. The molecule has 0 atom stereocenters. The van der Waals surface area contributed by atoms with Crippen LogP contribution in [0, 0.1) is 0 Å². The summed E-state index contributed by atoms with van der Waals surface area (Å²) in [4.78, 5) is 48.6. The zero-order valence-corrected chi connectivity index (χ0v) is 30.8. The Morgan fingerprint density at radius 3 is 1.11 bits per heavy atom. The van der Waals surface area contributed by atoms with E-state index in [1.54, 1.807) is 60.7 Å². The van der Waals surface area contributed by atoms with Crippen LogP contribution in [0.3, 0.4) is 0 Å². The molecule has 16 nitrogen and oxygen atoms in total. The summed E-state index contributed by atoms with van der Waals surface area (Å²) in [6.07, 6.45) is 4.40. The Kier molecular flexibility index (Phi) is 15.2. The zero-order chi connectivity index (χ0) is 38.8. The lowest BCUT2D eigenvalue weighted by molar-refractivity contribution is 0.244. The molecule has 8 amide bonds. The van der Waals surface area contributed by atoms with E-state index in [0.717, 1.165) is 25.7 Å². The molecule has 4 aromatic rings. The number of sulfonamides is 2. The smallest absolute Gasteiger partial charge is 0.328 e. The first-order valence-electron chi connectivity index (χ1n) is 17.0. The molecule has 0 aliphatic heterocycles. The molecule has 0 saturated carbocycles. The molecular formula is C36H42N8O8S2. The Bertz CT molecular complexity index is 1950. The quantitative estimate of drug-likeness (QED) is 0.0592. The van der Waals surface area contributed by atoms with Crippen LogP contribution in [0.5, 0.6) is 0 Å². The number of hydrogen-bond donors (Lipinski definition) is 8. The number of carbonyl (C=O) groups is 4. The highest BCUT2D eigenvalue weighted by Crippen LogP contribution is 2.18. The van der Waals surface area contributed by atoms with Crippen LogP contribution in [0.1, 0.15) is 38.5 Å². The van der Waals surface area contributed by atoms with Gasteiger partial charge in [-0.05, 0) is 73.5 Å². The Hall–Kier alpha value is -6.14. The summed E-state index contributed by atoms with van der Waals surface area (Å²) in [5, 5.41) is 15.4. The van der Waals surface area contributed by atoms with Gasteiger partial charge in [-0.3, -0.25) is 0 Å². The highest BCUT2D eigenvalue weighted by molar-refractivity contribution is 7.90. The van der Waals surface area contributed by atoms with Crippen molar-refractivity contribution >= 4 is 66.9 Å². The first kappa shape index (κ1) is 40.6. The van der Waals surface area contributed by atoms with Gasteiger partial charge in [-0.1, -0.05) is 74.2 Å². The Morgan fingerprint density at radius 1 is 0.389 bits per heavy atom. The van der Waals surface area contributed by atoms with Crippen molar-refractivity contribution in [2.45, 2.75) is 48.3 Å². The van der Waals surface area contributed by atoms with E-state index in [1.807, 2.05) is 9.44 Å². The average molecular weight is 779 g/mol. The predicted molar refractivity (Wildman–Crippen MR) is 206 cm³/mol. The lowest BCUT2D eigenvalue weighted by Gasteiger charge is -2.11. The molecule has 0 unspecified atom stereocenters. The van der Waals surface area contributed by atoms with Crippen molar-refractivity contribution in [2.75, 3.05) is 34.4 Å². The van der Waals surface area contributed by atoms with Gasteiger partial charge in [0, 0.05) is 35.8 Å². The molecule has 0 aliphatic rings. The van der Waals surface area contributed by atoms with Crippen LogP contribution in [-0.2, 0) is 20.0 Å². The second kappa shape index (κ2) is 20.2. The van der Waals surface area contributed by atoms with E-state index >= 15 is 0 Å². The predicted octanol–water partition coefficient (Wildman–Crippen LogP) is 5.99. The van der Waals surface area contributed by atoms with Crippen molar-refractivity contribution in [1.82, 2.24) is 20.1 Å². The number of carbonyl (C=O) groups excluding carboxylic acids is 4. The average Bonchev–Trinajstić information content (AvgIpc) is 3.13. The van der Waals surface area contributed by atoms with Crippen molar-refractivity contribution in [3.8, 4) is 0 Å². The summed E-state index contributed by atoms with van der Waals surface area (Å²) in [5.74, 6) is 0. The number of amides is 8. The Morgan fingerprint density at radius 2 is 0.722 bits per heavy atom. The van der Waals surface area contributed by atoms with E-state index in [4.69, 9.17) is 0 Å². The first-order valence-corrected chi connectivity index (χ1v) is 19.9. The minimum Gasteiger partial charge on any atom is -0.337 e. The van der Waals surface area contributed by atoms with Crippen molar-refractivity contribution < 1.29 is 36.0 Å². The number of urea groups is 4. The second-order valence-corrected chi connectivity index (χ2v) is 15.2. The maximum atomic E-state index is 12.7. The van der Waals surface area contributed by atoms with Crippen LogP contribution in [0.4, 0.5) is 41.9 Å². The van der Waals surface area contributed by atoms with Crippen LogP contribution in [0.2, 0.25) is 0 Å². The fraction of sp³-hybridized carbons (Fsp3) is 0.222. The van der Waals surface area contributed by atoms with Gasteiger partial charge >= 0.3 is 24.1 Å². The number of rotatable bonds is 17. The summed E-state index contributed by atoms with van der Waals surface area (Å²) in [5.41, 5.74) is 1.56. The molecular weight excluding hydrogens is 737 g/mol.